The fourth-order valence-electron chi connectivity index (χ4n) is 2.59. The second-order valence-corrected chi connectivity index (χ2v) is 7.27. The lowest BCUT2D eigenvalue weighted by molar-refractivity contribution is 0.0942. The van der Waals surface area contributed by atoms with Crippen molar-refractivity contribution < 1.29 is 4.74 Å². The first-order valence-electron chi connectivity index (χ1n) is 7.67. The van der Waals surface area contributed by atoms with Crippen LogP contribution in [-0.2, 0) is 23.5 Å². The topological polar surface area (TPSA) is 39.9 Å². The highest BCUT2D eigenvalue weighted by atomic mass is 79.9. The SMILES string of the molecule is CCc1nnc(SCc2ccc(Br)cc2)n1CC1CCCO1. The molecule has 118 valence electrons. The van der Waals surface area contributed by atoms with Crippen molar-refractivity contribution in [2.45, 2.75) is 49.7 Å². The van der Waals surface area contributed by atoms with Crippen molar-refractivity contribution in [3.05, 3.63) is 40.1 Å². The van der Waals surface area contributed by atoms with E-state index in [0.717, 1.165) is 53.6 Å². The summed E-state index contributed by atoms with van der Waals surface area (Å²) in [4.78, 5) is 0. The molecule has 6 heteroatoms. The first-order valence-corrected chi connectivity index (χ1v) is 9.45. The third-order valence-corrected chi connectivity index (χ3v) is 5.37. The van der Waals surface area contributed by atoms with Crippen LogP contribution < -0.4 is 0 Å². The summed E-state index contributed by atoms with van der Waals surface area (Å²) in [6.45, 7) is 3.88. The molecule has 2 aromatic rings. The summed E-state index contributed by atoms with van der Waals surface area (Å²) < 4.78 is 9.11. The molecule has 1 saturated heterocycles. The lowest BCUT2D eigenvalue weighted by atomic mass is 10.2. The van der Waals surface area contributed by atoms with Gasteiger partial charge in [-0.25, -0.2) is 0 Å². The summed E-state index contributed by atoms with van der Waals surface area (Å²) in [6.07, 6.45) is 3.51. The monoisotopic (exact) mass is 381 g/mol. The number of hydrogen-bond donors (Lipinski definition) is 0. The van der Waals surface area contributed by atoms with Crippen LogP contribution in [0.2, 0.25) is 0 Å². The van der Waals surface area contributed by atoms with E-state index in [-0.39, 0.29) is 0 Å². The summed E-state index contributed by atoms with van der Waals surface area (Å²) in [5.41, 5.74) is 1.29. The Bertz CT molecular complexity index is 608. The van der Waals surface area contributed by atoms with Crippen molar-refractivity contribution in [3.63, 3.8) is 0 Å². The molecule has 0 saturated carbocycles. The first kappa shape index (κ1) is 16.0. The van der Waals surface area contributed by atoms with Gasteiger partial charge in [0.05, 0.1) is 12.6 Å². The Morgan fingerprint density at radius 2 is 2.14 bits per heavy atom. The van der Waals surface area contributed by atoms with E-state index < -0.39 is 0 Å². The van der Waals surface area contributed by atoms with Gasteiger partial charge < -0.3 is 9.30 Å². The maximum absolute atomic E-state index is 5.77. The van der Waals surface area contributed by atoms with Gasteiger partial charge in [0.2, 0.25) is 0 Å². The lowest BCUT2D eigenvalue weighted by Gasteiger charge is -2.14. The van der Waals surface area contributed by atoms with E-state index in [1.807, 2.05) is 0 Å². The number of hydrogen-bond acceptors (Lipinski definition) is 4. The summed E-state index contributed by atoms with van der Waals surface area (Å²) in [6, 6.07) is 8.42. The minimum atomic E-state index is 0.313. The molecule has 1 atom stereocenters. The van der Waals surface area contributed by atoms with Crippen LogP contribution >= 0.6 is 27.7 Å². The Kier molecular flexibility index (Phi) is 5.55. The molecule has 1 aliphatic rings. The normalized spacial score (nSPS) is 18.0. The zero-order valence-corrected chi connectivity index (χ0v) is 15.1. The molecule has 0 spiro atoms. The molecule has 1 aromatic heterocycles. The molecule has 22 heavy (non-hydrogen) atoms. The third kappa shape index (κ3) is 3.91. The van der Waals surface area contributed by atoms with E-state index in [2.05, 4.69) is 61.9 Å². The van der Waals surface area contributed by atoms with Gasteiger partial charge in [0.25, 0.3) is 0 Å². The van der Waals surface area contributed by atoms with Crippen molar-refractivity contribution in [2.24, 2.45) is 0 Å². The molecule has 1 unspecified atom stereocenters. The molecule has 1 aliphatic heterocycles. The average molecular weight is 382 g/mol. The summed E-state index contributed by atoms with van der Waals surface area (Å²) >= 11 is 5.21. The first-order chi connectivity index (χ1) is 10.8. The van der Waals surface area contributed by atoms with Crippen molar-refractivity contribution in [3.8, 4) is 0 Å². The fraction of sp³-hybridized carbons (Fsp3) is 0.500. The molecule has 0 bridgehead atoms. The molecule has 1 aromatic carbocycles. The highest BCUT2D eigenvalue weighted by Gasteiger charge is 2.20. The molecule has 0 radical (unpaired) electrons. The van der Waals surface area contributed by atoms with Crippen LogP contribution in [0.15, 0.2) is 33.9 Å². The fourth-order valence-corrected chi connectivity index (χ4v) is 3.78. The van der Waals surface area contributed by atoms with Gasteiger partial charge in [0.15, 0.2) is 5.16 Å². The zero-order chi connectivity index (χ0) is 15.4. The number of ether oxygens (including phenoxy) is 1. The van der Waals surface area contributed by atoms with Crippen molar-refractivity contribution in [2.75, 3.05) is 6.61 Å². The number of aryl methyl sites for hydroxylation is 1. The molecule has 0 N–H and O–H groups in total. The maximum atomic E-state index is 5.77. The standard InChI is InChI=1S/C16H20BrN3OS/c1-2-15-18-19-16(20(15)10-14-4-3-9-21-14)22-11-12-5-7-13(17)8-6-12/h5-8,14H,2-4,9-11H2,1H3. The van der Waals surface area contributed by atoms with Gasteiger partial charge in [0.1, 0.15) is 5.82 Å². The van der Waals surface area contributed by atoms with Crippen molar-refractivity contribution >= 4 is 27.7 Å². The molecule has 4 nitrogen and oxygen atoms in total. The number of nitrogens with zero attached hydrogens (tertiary/aromatic N) is 3. The van der Waals surface area contributed by atoms with Crippen LogP contribution in [0.25, 0.3) is 0 Å². The van der Waals surface area contributed by atoms with E-state index in [0.29, 0.717) is 6.10 Å². The van der Waals surface area contributed by atoms with Gasteiger partial charge in [-0.1, -0.05) is 46.7 Å². The predicted molar refractivity (Wildman–Crippen MR) is 92.1 cm³/mol. The van der Waals surface area contributed by atoms with E-state index in [1.165, 1.54) is 5.56 Å². The van der Waals surface area contributed by atoms with Gasteiger partial charge in [-0.2, -0.15) is 0 Å². The maximum Gasteiger partial charge on any atom is 0.191 e. The second-order valence-electron chi connectivity index (χ2n) is 5.41. The molecular weight excluding hydrogens is 362 g/mol. The van der Waals surface area contributed by atoms with Crippen LogP contribution in [0.1, 0.15) is 31.2 Å². The molecular formula is C16H20BrN3OS. The third-order valence-electron chi connectivity index (χ3n) is 3.80. The molecule has 0 aliphatic carbocycles. The van der Waals surface area contributed by atoms with Gasteiger partial charge >= 0.3 is 0 Å². The average Bonchev–Trinajstić information content (AvgIpc) is 3.17. The molecule has 2 heterocycles. The van der Waals surface area contributed by atoms with Gasteiger partial charge in [0, 0.05) is 23.3 Å². The second kappa shape index (κ2) is 7.62. The Morgan fingerprint density at radius 3 is 2.82 bits per heavy atom. The van der Waals surface area contributed by atoms with Crippen LogP contribution in [0, 0.1) is 0 Å². The van der Waals surface area contributed by atoms with E-state index in [1.54, 1.807) is 11.8 Å². The zero-order valence-electron chi connectivity index (χ0n) is 12.7. The summed E-state index contributed by atoms with van der Waals surface area (Å²) in [5, 5.41) is 9.70. The van der Waals surface area contributed by atoms with Crippen LogP contribution in [0.4, 0.5) is 0 Å². The van der Waals surface area contributed by atoms with E-state index in [9.17, 15) is 0 Å². The van der Waals surface area contributed by atoms with Gasteiger partial charge in [-0.05, 0) is 30.5 Å². The number of thioether (sulfide) groups is 1. The quantitative estimate of drug-likeness (QED) is 0.706. The van der Waals surface area contributed by atoms with Crippen molar-refractivity contribution in [1.82, 2.24) is 14.8 Å². The van der Waals surface area contributed by atoms with Crippen LogP contribution in [-0.4, -0.2) is 27.5 Å². The minimum Gasteiger partial charge on any atom is -0.376 e. The smallest absolute Gasteiger partial charge is 0.191 e. The Balaban J connectivity index is 1.69. The van der Waals surface area contributed by atoms with Crippen molar-refractivity contribution in [1.29, 1.82) is 0 Å². The number of rotatable bonds is 6. The molecule has 1 fully saturated rings. The lowest BCUT2D eigenvalue weighted by Crippen LogP contribution is -2.17. The van der Waals surface area contributed by atoms with Crippen LogP contribution in [0.3, 0.4) is 0 Å². The predicted octanol–water partition coefficient (Wildman–Crippen LogP) is 4.07. The van der Waals surface area contributed by atoms with Gasteiger partial charge in [-0.3, -0.25) is 0 Å². The largest absolute Gasteiger partial charge is 0.376 e. The summed E-state index contributed by atoms with van der Waals surface area (Å²) in [7, 11) is 0. The summed E-state index contributed by atoms with van der Waals surface area (Å²) in [5.74, 6) is 1.95. The minimum absolute atomic E-state index is 0.313. The Labute approximate surface area is 143 Å². The van der Waals surface area contributed by atoms with E-state index in [4.69, 9.17) is 4.74 Å². The number of aromatic nitrogens is 3. The highest BCUT2D eigenvalue weighted by Crippen LogP contribution is 2.25. The molecule has 0 amide bonds. The Morgan fingerprint density at radius 1 is 1.32 bits per heavy atom. The van der Waals surface area contributed by atoms with Crippen LogP contribution in [0.5, 0.6) is 0 Å². The Hall–Kier alpha value is -0.850. The highest BCUT2D eigenvalue weighted by molar-refractivity contribution is 9.10. The molecule has 3 rings (SSSR count). The van der Waals surface area contributed by atoms with Gasteiger partial charge in [-0.15, -0.1) is 10.2 Å². The number of benzene rings is 1. The van der Waals surface area contributed by atoms with E-state index >= 15 is 0 Å². The number of halogens is 1.